The van der Waals surface area contributed by atoms with E-state index in [1.54, 1.807) is 7.11 Å². The molecule has 0 aliphatic carbocycles. The lowest BCUT2D eigenvalue weighted by molar-refractivity contribution is 0.227. The SMILES string of the molecule is COc1cccc(OC(C)CN=C(N)N2CCCC(C)C2)c1.I. The predicted octanol–water partition coefficient (Wildman–Crippen LogP) is 3.13. The van der Waals surface area contributed by atoms with Crippen LogP contribution in [-0.4, -0.2) is 43.7 Å². The minimum absolute atomic E-state index is 0. The molecule has 0 radical (unpaired) electrons. The summed E-state index contributed by atoms with van der Waals surface area (Å²) in [5, 5.41) is 0. The number of aliphatic imine (C=N–C) groups is 1. The van der Waals surface area contributed by atoms with Crippen LogP contribution in [0.15, 0.2) is 29.3 Å². The quantitative estimate of drug-likeness (QED) is 0.441. The fraction of sp³-hybridized carbons (Fsp3) is 0.588. The summed E-state index contributed by atoms with van der Waals surface area (Å²) in [7, 11) is 1.65. The summed E-state index contributed by atoms with van der Waals surface area (Å²) in [4.78, 5) is 6.66. The fourth-order valence-electron chi connectivity index (χ4n) is 2.66. The molecule has 1 heterocycles. The topological polar surface area (TPSA) is 60.1 Å². The molecule has 130 valence electrons. The Labute approximate surface area is 156 Å². The van der Waals surface area contributed by atoms with Crippen molar-refractivity contribution in [2.75, 3.05) is 26.7 Å². The van der Waals surface area contributed by atoms with Crippen LogP contribution in [0.2, 0.25) is 0 Å². The Bertz CT molecular complexity index is 510. The van der Waals surface area contributed by atoms with Crippen molar-refractivity contribution in [1.29, 1.82) is 0 Å². The van der Waals surface area contributed by atoms with Gasteiger partial charge in [0.05, 0.1) is 13.7 Å². The van der Waals surface area contributed by atoms with E-state index in [0.29, 0.717) is 18.4 Å². The number of hydrogen-bond acceptors (Lipinski definition) is 3. The molecule has 2 N–H and O–H groups in total. The van der Waals surface area contributed by atoms with E-state index >= 15 is 0 Å². The van der Waals surface area contributed by atoms with Gasteiger partial charge in [-0.25, -0.2) is 4.99 Å². The maximum Gasteiger partial charge on any atom is 0.191 e. The van der Waals surface area contributed by atoms with Gasteiger partial charge < -0.3 is 20.1 Å². The van der Waals surface area contributed by atoms with E-state index in [2.05, 4.69) is 16.8 Å². The molecule has 0 amide bonds. The summed E-state index contributed by atoms with van der Waals surface area (Å²) < 4.78 is 11.0. The van der Waals surface area contributed by atoms with Gasteiger partial charge in [0.1, 0.15) is 17.6 Å². The number of guanidine groups is 1. The van der Waals surface area contributed by atoms with Crippen molar-refractivity contribution in [3.8, 4) is 11.5 Å². The minimum Gasteiger partial charge on any atom is -0.497 e. The standard InChI is InChI=1S/C17H27N3O2.HI/c1-13-6-5-9-20(12-13)17(18)19-11-14(2)22-16-8-4-7-15(10-16)21-3;/h4,7-8,10,13-14H,5-6,9,11-12H2,1-3H3,(H2,18,19);1H. The second kappa shape index (κ2) is 9.85. The Morgan fingerprint density at radius 1 is 1.43 bits per heavy atom. The molecule has 1 aliphatic heterocycles. The molecular formula is C17H28IN3O2. The van der Waals surface area contributed by atoms with E-state index in [0.717, 1.165) is 24.6 Å². The third-order valence-electron chi connectivity index (χ3n) is 3.87. The number of likely N-dealkylation sites (tertiary alicyclic amines) is 1. The van der Waals surface area contributed by atoms with Crippen LogP contribution < -0.4 is 15.2 Å². The summed E-state index contributed by atoms with van der Waals surface area (Å²) in [6, 6.07) is 7.59. The molecule has 1 aromatic rings. The van der Waals surface area contributed by atoms with Gasteiger partial charge in [0.15, 0.2) is 5.96 Å². The molecular weight excluding hydrogens is 405 g/mol. The summed E-state index contributed by atoms with van der Waals surface area (Å²) in [6.45, 7) is 6.81. The smallest absolute Gasteiger partial charge is 0.191 e. The number of ether oxygens (including phenoxy) is 2. The summed E-state index contributed by atoms with van der Waals surface area (Å²) in [5.41, 5.74) is 6.10. The molecule has 1 aromatic carbocycles. The lowest BCUT2D eigenvalue weighted by Gasteiger charge is -2.31. The van der Waals surface area contributed by atoms with Crippen LogP contribution >= 0.6 is 24.0 Å². The van der Waals surface area contributed by atoms with Crippen molar-refractivity contribution >= 4 is 29.9 Å². The van der Waals surface area contributed by atoms with E-state index in [1.807, 2.05) is 31.2 Å². The summed E-state index contributed by atoms with van der Waals surface area (Å²) in [5.74, 6) is 2.89. The number of rotatable bonds is 5. The van der Waals surface area contributed by atoms with E-state index in [-0.39, 0.29) is 30.1 Å². The zero-order valence-corrected chi connectivity index (χ0v) is 16.5. The van der Waals surface area contributed by atoms with Gasteiger partial charge in [0.25, 0.3) is 0 Å². The van der Waals surface area contributed by atoms with Crippen LogP contribution in [0.1, 0.15) is 26.7 Å². The van der Waals surface area contributed by atoms with Crippen molar-refractivity contribution in [1.82, 2.24) is 4.90 Å². The Morgan fingerprint density at radius 3 is 2.87 bits per heavy atom. The molecule has 2 rings (SSSR count). The van der Waals surface area contributed by atoms with Gasteiger partial charge in [-0.2, -0.15) is 0 Å². The highest BCUT2D eigenvalue weighted by molar-refractivity contribution is 14.0. The average Bonchev–Trinajstić information content (AvgIpc) is 2.52. The molecule has 0 spiro atoms. The number of piperidine rings is 1. The highest BCUT2D eigenvalue weighted by atomic mass is 127. The first-order valence-corrected chi connectivity index (χ1v) is 7.94. The number of methoxy groups -OCH3 is 1. The van der Waals surface area contributed by atoms with E-state index < -0.39 is 0 Å². The first-order chi connectivity index (χ1) is 10.6. The molecule has 1 saturated heterocycles. The molecule has 2 unspecified atom stereocenters. The van der Waals surface area contributed by atoms with Crippen LogP contribution in [-0.2, 0) is 0 Å². The lowest BCUT2D eigenvalue weighted by atomic mass is 10.0. The maximum atomic E-state index is 6.10. The highest BCUT2D eigenvalue weighted by Crippen LogP contribution is 2.20. The number of nitrogens with zero attached hydrogens (tertiary/aromatic N) is 2. The Balaban J connectivity index is 0.00000264. The molecule has 0 bridgehead atoms. The fourth-order valence-corrected chi connectivity index (χ4v) is 2.66. The van der Waals surface area contributed by atoms with Crippen LogP contribution in [0, 0.1) is 5.92 Å². The minimum atomic E-state index is -0.0344. The first kappa shape index (κ1) is 19.9. The van der Waals surface area contributed by atoms with Crippen molar-refractivity contribution in [2.45, 2.75) is 32.8 Å². The van der Waals surface area contributed by atoms with Gasteiger partial charge in [-0.1, -0.05) is 13.0 Å². The molecule has 1 aliphatic rings. The number of halogens is 1. The molecule has 6 heteroatoms. The molecule has 23 heavy (non-hydrogen) atoms. The molecule has 5 nitrogen and oxygen atoms in total. The van der Waals surface area contributed by atoms with Crippen molar-refractivity contribution < 1.29 is 9.47 Å². The third-order valence-corrected chi connectivity index (χ3v) is 3.87. The Kier molecular flexibility index (Phi) is 8.51. The predicted molar refractivity (Wildman–Crippen MR) is 105 cm³/mol. The van der Waals surface area contributed by atoms with E-state index in [1.165, 1.54) is 12.8 Å². The third kappa shape index (κ3) is 6.45. The normalized spacial score (nSPS) is 19.7. The van der Waals surface area contributed by atoms with Crippen molar-refractivity contribution in [3.63, 3.8) is 0 Å². The maximum absolute atomic E-state index is 6.10. The number of benzene rings is 1. The van der Waals surface area contributed by atoms with Gasteiger partial charge in [0, 0.05) is 19.2 Å². The van der Waals surface area contributed by atoms with Crippen LogP contribution in [0.3, 0.4) is 0 Å². The average molecular weight is 433 g/mol. The van der Waals surface area contributed by atoms with Crippen LogP contribution in [0.25, 0.3) is 0 Å². The largest absolute Gasteiger partial charge is 0.497 e. The van der Waals surface area contributed by atoms with E-state index in [4.69, 9.17) is 15.2 Å². The molecule has 0 aromatic heterocycles. The van der Waals surface area contributed by atoms with Crippen molar-refractivity contribution in [3.05, 3.63) is 24.3 Å². The molecule has 1 fully saturated rings. The summed E-state index contributed by atoms with van der Waals surface area (Å²) in [6.07, 6.45) is 2.43. The van der Waals surface area contributed by atoms with Gasteiger partial charge >= 0.3 is 0 Å². The zero-order chi connectivity index (χ0) is 15.9. The highest BCUT2D eigenvalue weighted by Gasteiger charge is 2.17. The molecule has 2 atom stereocenters. The first-order valence-electron chi connectivity index (χ1n) is 7.94. The van der Waals surface area contributed by atoms with Gasteiger partial charge in [-0.15, -0.1) is 24.0 Å². The monoisotopic (exact) mass is 433 g/mol. The number of hydrogen-bond donors (Lipinski definition) is 1. The number of nitrogens with two attached hydrogens (primary N) is 1. The second-order valence-electron chi connectivity index (χ2n) is 6.00. The van der Waals surface area contributed by atoms with Crippen molar-refractivity contribution in [2.24, 2.45) is 16.6 Å². The molecule has 0 saturated carbocycles. The Hall–Kier alpha value is -1.18. The van der Waals surface area contributed by atoms with Gasteiger partial charge in [-0.3, -0.25) is 0 Å². The summed E-state index contributed by atoms with van der Waals surface area (Å²) >= 11 is 0. The van der Waals surface area contributed by atoms with E-state index in [9.17, 15) is 0 Å². The van der Waals surface area contributed by atoms with Gasteiger partial charge in [0.2, 0.25) is 0 Å². The van der Waals surface area contributed by atoms with Gasteiger partial charge in [-0.05, 0) is 37.8 Å². The zero-order valence-electron chi connectivity index (χ0n) is 14.2. The van der Waals surface area contributed by atoms with Crippen LogP contribution in [0.5, 0.6) is 11.5 Å². The van der Waals surface area contributed by atoms with Crippen LogP contribution in [0.4, 0.5) is 0 Å². The lowest BCUT2D eigenvalue weighted by Crippen LogP contribution is -2.43. The Morgan fingerprint density at radius 2 is 2.17 bits per heavy atom. The second-order valence-corrected chi connectivity index (χ2v) is 6.00.